The van der Waals surface area contributed by atoms with E-state index in [2.05, 4.69) is 16.7 Å². The summed E-state index contributed by atoms with van der Waals surface area (Å²) in [4.78, 5) is 19.3. The van der Waals surface area contributed by atoms with Crippen molar-refractivity contribution in [3.8, 4) is 5.75 Å². The maximum Gasteiger partial charge on any atom is 0.260 e. The fourth-order valence-electron chi connectivity index (χ4n) is 3.83. The van der Waals surface area contributed by atoms with Crippen LogP contribution in [0.3, 0.4) is 0 Å². The first-order chi connectivity index (χ1) is 14.3. The maximum atomic E-state index is 13.2. The van der Waals surface area contributed by atoms with Crippen LogP contribution in [0.2, 0.25) is 5.02 Å². The summed E-state index contributed by atoms with van der Waals surface area (Å²) in [6, 6.07) is 13.9. The smallest absolute Gasteiger partial charge is 0.260 e. The predicted molar refractivity (Wildman–Crippen MR) is 117 cm³/mol. The van der Waals surface area contributed by atoms with Crippen molar-refractivity contribution in [2.45, 2.75) is 25.6 Å². The zero-order valence-corrected chi connectivity index (χ0v) is 18.5. The number of hydrogen-bond donors (Lipinski definition) is 0. The minimum Gasteiger partial charge on any atom is -0.484 e. The van der Waals surface area contributed by atoms with Gasteiger partial charge in [0, 0.05) is 43.3 Å². The first-order valence-corrected chi connectivity index (χ1v) is 10.5. The van der Waals surface area contributed by atoms with Gasteiger partial charge in [-0.3, -0.25) is 9.69 Å². The SMILES string of the molecule is CC1CN(Cc2ccc(F)cc2)C(CN(C)C)CN1C(=O)COc1ccc(Cl)cc1. The maximum absolute atomic E-state index is 13.2. The van der Waals surface area contributed by atoms with E-state index in [4.69, 9.17) is 16.3 Å². The van der Waals surface area contributed by atoms with Crippen LogP contribution in [0.15, 0.2) is 48.5 Å². The first-order valence-electron chi connectivity index (χ1n) is 10.1. The van der Waals surface area contributed by atoms with Gasteiger partial charge in [-0.05, 0) is 63.0 Å². The third kappa shape index (κ3) is 6.17. The number of carbonyl (C=O) groups excluding carboxylic acids is 1. The van der Waals surface area contributed by atoms with Crippen molar-refractivity contribution >= 4 is 17.5 Å². The first kappa shape index (κ1) is 22.5. The fraction of sp³-hybridized carbons (Fsp3) is 0.435. The molecule has 0 spiro atoms. The third-order valence-corrected chi connectivity index (χ3v) is 5.58. The van der Waals surface area contributed by atoms with Crippen LogP contribution in [0.1, 0.15) is 12.5 Å². The second-order valence-electron chi connectivity index (χ2n) is 8.11. The lowest BCUT2D eigenvalue weighted by Crippen LogP contribution is -2.61. The number of likely N-dealkylation sites (N-methyl/N-ethyl adjacent to an activating group) is 1. The van der Waals surface area contributed by atoms with Gasteiger partial charge in [-0.1, -0.05) is 23.7 Å². The number of halogens is 2. The average Bonchev–Trinajstić information content (AvgIpc) is 2.70. The van der Waals surface area contributed by atoms with E-state index >= 15 is 0 Å². The van der Waals surface area contributed by atoms with Gasteiger partial charge >= 0.3 is 0 Å². The summed E-state index contributed by atoms with van der Waals surface area (Å²) in [5.41, 5.74) is 1.07. The molecular weight excluding hydrogens is 405 g/mol. The molecule has 1 saturated heterocycles. The number of hydrogen-bond acceptors (Lipinski definition) is 4. The second kappa shape index (κ2) is 10.2. The van der Waals surface area contributed by atoms with E-state index in [-0.39, 0.29) is 30.4 Å². The van der Waals surface area contributed by atoms with Crippen LogP contribution in [0.5, 0.6) is 5.75 Å². The fourth-order valence-corrected chi connectivity index (χ4v) is 3.95. The molecule has 0 aliphatic carbocycles. The Morgan fingerprint density at radius 3 is 2.43 bits per heavy atom. The summed E-state index contributed by atoms with van der Waals surface area (Å²) in [6.45, 7) is 5.00. The van der Waals surface area contributed by atoms with Crippen LogP contribution in [-0.2, 0) is 11.3 Å². The summed E-state index contributed by atoms with van der Waals surface area (Å²) in [5.74, 6) is 0.371. The normalized spacial score (nSPS) is 19.9. The molecule has 2 unspecified atom stereocenters. The van der Waals surface area contributed by atoms with E-state index in [9.17, 15) is 9.18 Å². The van der Waals surface area contributed by atoms with E-state index in [1.54, 1.807) is 24.3 Å². The van der Waals surface area contributed by atoms with Crippen LogP contribution in [0.4, 0.5) is 4.39 Å². The Hall–Kier alpha value is -2.15. The molecule has 3 rings (SSSR count). The lowest BCUT2D eigenvalue weighted by atomic mass is 10.0. The molecule has 2 aromatic carbocycles. The van der Waals surface area contributed by atoms with Crippen molar-refractivity contribution in [2.24, 2.45) is 0 Å². The Bertz CT molecular complexity index is 829. The van der Waals surface area contributed by atoms with E-state index in [1.807, 2.05) is 31.1 Å². The van der Waals surface area contributed by atoms with Crippen molar-refractivity contribution < 1.29 is 13.9 Å². The number of benzene rings is 2. The molecule has 2 atom stereocenters. The van der Waals surface area contributed by atoms with Gasteiger partial charge in [0.2, 0.25) is 0 Å². The van der Waals surface area contributed by atoms with Crippen molar-refractivity contribution in [2.75, 3.05) is 40.3 Å². The van der Waals surface area contributed by atoms with Gasteiger partial charge < -0.3 is 14.5 Å². The van der Waals surface area contributed by atoms with Crippen LogP contribution < -0.4 is 4.74 Å². The molecule has 5 nitrogen and oxygen atoms in total. The highest BCUT2D eigenvalue weighted by Crippen LogP contribution is 2.20. The molecule has 0 bridgehead atoms. The largest absolute Gasteiger partial charge is 0.484 e. The zero-order valence-electron chi connectivity index (χ0n) is 17.7. The number of ether oxygens (including phenoxy) is 1. The minimum atomic E-state index is -0.229. The van der Waals surface area contributed by atoms with Crippen molar-refractivity contribution in [3.63, 3.8) is 0 Å². The molecular formula is C23H29ClFN3O2. The molecule has 0 radical (unpaired) electrons. The summed E-state index contributed by atoms with van der Waals surface area (Å²) >= 11 is 5.89. The quantitative estimate of drug-likeness (QED) is 0.669. The molecule has 7 heteroatoms. The highest BCUT2D eigenvalue weighted by molar-refractivity contribution is 6.30. The monoisotopic (exact) mass is 433 g/mol. The van der Waals surface area contributed by atoms with Gasteiger partial charge in [0.1, 0.15) is 11.6 Å². The van der Waals surface area contributed by atoms with Crippen molar-refractivity contribution in [1.29, 1.82) is 0 Å². The van der Waals surface area contributed by atoms with Crippen molar-refractivity contribution in [3.05, 3.63) is 64.9 Å². The minimum absolute atomic E-state index is 0.00137. The molecule has 0 aromatic heterocycles. The van der Waals surface area contributed by atoms with Gasteiger partial charge in [-0.25, -0.2) is 4.39 Å². The van der Waals surface area contributed by atoms with Gasteiger partial charge in [0.25, 0.3) is 5.91 Å². The zero-order chi connectivity index (χ0) is 21.7. The Labute approximate surface area is 183 Å². The summed E-state index contributed by atoms with van der Waals surface area (Å²) < 4.78 is 18.9. The van der Waals surface area contributed by atoms with E-state index in [0.29, 0.717) is 17.3 Å². The van der Waals surface area contributed by atoms with Crippen molar-refractivity contribution in [1.82, 2.24) is 14.7 Å². The highest BCUT2D eigenvalue weighted by atomic mass is 35.5. The number of piperazine rings is 1. The molecule has 1 fully saturated rings. The topological polar surface area (TPSA) is 36.0 Å². The predicted octanol–water partition coefficient (Wildman–Crippen LogP) is 3.52. The molecule has 0 N–H and O–H groups in total. The van der Waals surface area contributed by atoms with Gasteiger partial charge in [-0.15, -0.1) is 0 Å². The Balaban J connectivity index is 1.64. The lowest BCUT2D eigenvalue weighted by molar-refractivity contribution is -0.140. The van der Waals surface area contributed by atoms with Crippen LogP contribution in [0.25, 0.3) is 0 Å². The third-order valence-electron chi connectivity index (χ3n) is 5.33. The Morgan fingerprint density at radius 2 is 1.80 bits per heavy atom. The van der Waals surface area contributed by atoms with E-state index in [0.717, 1.165) is 25.2 Å². The lowest BCUT2D eigenvalue weighted by Gasteiger charge is -2.46. The van der Waals surface area contributed by atoms with E-state index < -0.39 is 0 Å². The van der Waals surface area contributed by atoms with Gasteiger partial charge in [0.15, 0.2) is 6.61 Å². The molecule has 162 valence electrons. The molecule has 30 heavy (non-hydrogen) atoms. The number of nitrogens with zero attached hydrogens (tertiary/aromatic N) is 3. The van der Waals surface area contributed by atoms with Crippen LogP contribution in [-0.4, -0.2) is 73.0 Å². The molecule has 1 aliphatic heterocycles. The molecule has 1 heterocycles. The summed E-state index contributed by atoms with van der Waals surface area (Å²) in [6.07, 6.45) is 0. The van der Waals surface area contributed by atoms with E-state index in [1.165, 1.54) is 12.1 Å². The number of amides is 1. The Kier molecular flexibility index (Phi) is 7.69. The molecule has 1 amide bonds. The molecule has 0 saturated carbocycles. The Morgan fingerprint density at radius 1 is 1.13 bits per heavy atom. The molecule has 2 aromatic rings. The highest BCUT2D eigenvalue weighted by Gasteiger charge is 2.34. The van der Waals surface area contributed by atoms with Gasteiger partial charge in [-0.2, -0.15) is 0 Å². The summed E-state index contributed by atoms with van der Waals surface area (Å²) in [7, 11) is 4.06. The van der Waals surface area contributed by atoms with Gasteiger partial charge in [0.05, 0.1) is 0 Å². The average molecular weight is 434 g/mol. The molecule has 1 aliphatic rings. The second-order valence-corrected chi connectivity index (χ2v) is 8.55. The number of rotatable bonds is 7. The number of carbonyl (C=O) groups is 1. The van der Waals surface area contributed by atoms with Crippen LogP contribution in [0, 0.1) is 5.82 Å². The summed E-state index contributed by atoms with van der Waals surface area (Å²) in [5, 5.41) is 0.631. The van der Waals surface area contributed by atoms with Crippen LogP contribution >= 0.6 is 11.6 Å². The standard InChI is InChI=1S/C23H29ClFN3O2/c1-17-12-27(13-18-4-8-20(25)9-5-18)21(14-26(2)3)15-28(17)23(29)16-30-22-10-6-19(24)7-11-22/h4-11,17,21H,12-16H2,1-3H3.